The fourth-order valence-corrected chi connectivity index (χ4v) is 3.39. The predicted molar refractivity (Wildman–Crippen MR) is 104 cm³/mol. The van der Waals surface area contributed by atoms with Crippen LogP contribution in [0.3, 0.4) is 0 Å². The first kappa shape index (κ1) is 17.3. The maximum absolute atomic E-state index is 11.0. The van der Waals surface area contributed by atoms with Crippen LogP contribution in [0.15, 0.2) is 67.0 Å². The van der Waals surface area contributed by atoms with E-state index in [1.54, 1.807) is 4.68 Å². The van der Waals surface area contributed by atoms with E-state index in [9.17, 15) is 4.79 Å². The van der Waals surface area contributed by atoms with Gasteiger partial charge in [-0.3, -0.25) is 4.90 Å². The predicted octanol–water partition coefficient (Wildman–Crippen LogP) is 2.89. The number of carboxylic acid groups (broad SMARTS) is 1. The number of piperazine rings is 1. The number of anilines is 1. The molecule has 2 aromatic carbocycles. The number of carbonyl (C=O) groups is 1. The Morgan fingerprint density at radius 2 is 1.63 bits per heavy atom. The zero-order valence-electron chi connectivity index (χ0n) is 15.0. The van der Waals surface area contributed by atoms with Crippen molar-refractivity contribution in [3.05, 3.63) is 78.1 Å². The monoisotopic (exact) mass is 362 g/mol. The molecular weight excluding hydrogens is 340 g/mol. The highest BCUT2D eigenvalue weighted by molar-refractivity contribution is 5.86. The lowest BCUT2D eigenvalue weighted by Crippen LogP contribution is -2.45. The van der Waals surface area contributed by atoms with Gasteiger partial charge in [-0.2, -0.15) is 5.10 Å². The molecule has 0 unspecified atom stereocenters. The second-order valence-electron chi connectivity index (χ2n) is 6.74. The van der Waals surface area contributed by atoms with E-state index in [1.807, 2.05) is 12.1 Å². The average Bonchev–Trinajstić information content (AvgIpc) is 3.20. The second-order valence-corrected chi connectivity index (χ2v) is 6.74. The molecule has 3 aromatic rings. The number of nitrogens with zero attached hydrogens (tertiary/aromatic N) is 4. The minimum atomic E-state index is -0.965. The fraction of sp³-hybridized carbons (Fsp3) is 0.238. The van der Waals surface area contributed by atoms with Gasteiger partial charge in [0.1, 0.15) is 0 Å². The number of carboxylic acids is 1. The molecule has 138 valence electrons. The third-order valence-corrected chi connectivity index (χ3v) is 4.93. The van der Waals surface area contributed by atoms with Crippen molar-refractivity contribution in [2.75, 3.05) is 31.1 Å². The normalized spacial score (nSPS) is 15.0. The Kier molecular flexibility index (Phi) is 4.89. The minimum absolute atomic E-state index is 0.190. The summed E-state index contributed by atoms with van der Waals surface area (Å²) in [7, 11) is 0. The van der Waals surface area contributed by atoms with Crippen molar-refractivity contribution in [2.24, 2.45) is 0 Å². The van der Waals surface area contributed by atoms with E-state index in [0.29, 0.717) is 0 Å². The standard InChI is InChI=1S/C21H22N4O2/c26-21(27)18-14-22-25(16-18)20-8-6-17(7-9-20)15-23-10-12-24(13-11-23)19-4-2-1-3-5-19/h1-9,14,16H,10-13,15H2,(H,26,27). The van der Waals surface area contributed by atoms with Crippen molar-refractivity contribution in [2.45, 2.75) is 6.54 Å². The van der Waals surface area contributed by atoms with E-state index in [0.717, 1.165) is 38.4 Å². The molecule has 1 aromatic heterocycles. The first-order chi connectivity index (χ1) is 13.2. The van der Waals surface area contributed by atoms with Crippen molar-refractivity contribution in [3.8, 4) is 5.69 Å². The van der Waals surface area contributed by atoms with Crippen LogP contribution in [-0.2, 0) is 6.54 Å². The highest BCUT2D eigenvalue weighted by Gasteiger charge is 2.17. The molecule has 0 aliphatic carbocycles. The van der Waals surface area contributed by atoms with Gasteiger partial charge in [0.15, 0.2) is 0 Å². The number of hydrogen-bond donors (Lipinski definition) is 1. The van der Waals surface area contributed by atoms with Gasteiger partial charge in [-0.05, 0) is 29.8 Å². The largest absolute Gasteiger partial charge is 0.478 e. The van der Waals surface area contributed by atoms with Gasteiger partial charge in [0.05, 0.1) is 17.4 Å². The molecule has 6 nitrogen and oxygen atoms in total. The van der Waals surface area contributed by atoms with Crippen LogP contribution in [0, 0.1) is 0 Å². The van der Waals surface area contributed by atoms with E-state index in [-0.39, 0.29) is 5.56 Å². The Labute approximate surface area is 158 Å². The SMILES string of the molecule is O=C(O)c1cnn(-c2ccc(CN3CCN(c4ccccc4)CC3)cc2)c1. The summed E-state index contributed by atoms with van der Waals surface area (Å²) < 4.78 is 1.59. The maximum atomic E-state index is 11.0. The van der Waals surface area contributed by atoms with Crippen LogP contribution in [0.1, 0.15) is 15.9 Å². The third kappa shape index (κ3) is 4.01. The van der Waals surface area contributed by atoms with Gasteiger partial charge in [0.25, 0.3) is 0 Å². The third-order valence-electron chi connectivity index (χ3n) is 4.93. The van der Waals surface area contributed by atoms with Crippen molar-refractivity contribution in [3.63, 3.8) is 0 Å². The Morgan fingerprint density at radius 3 is 2.26 bits per heavy atom. The van der Waals surface area contributed by atoms with E-state index in [1.165, 1.54) is 23.6 Å². The first-order valence-electron chi connectivity index (χ1n) is 9.09. The van der Waals surface area contributed by atoms with E-state index in [2.05, 4.69) is 57.4 Å². The number of hydrogen-bond acceptors (Lipinski definition) is 4. The Bertz CT molecular complexity index is 897. The average molecular weight is 362 g/mol. The smallest absolute Gasteiger partial charge is 0.338 e. The quantitative estimate of drug-likeness (QED) is 0.756. The number of aromatic nitrogens is 2. The van der Waals surface area contributed by atoms with Crippen LogP contribution < -0.4 is 4.90 Å². The molecule has 1 aliphatic heterocycles. The summed E-state index contributed by atoms with van der Waals surface area (Å²) in [4.78, 5) is 15.9. The second kappa shape index (κ2) is 7.63. The van der Waals surface area contributed by atoms with Crippen molar-refractivity contribution >= 4 is 11.7 Å². The maximum Gasteiger partial charge on any atom is 0.338 e. The fourth-order valence-electron chi connectivity index (χ4n) is 3.39. The molecule has 0 spiro atoms. The van der Waals surface area contributed by atoms with Gasteiger partial charge in [0.2, 0.25) is 0 Å². The summed E-state index contributed by atoms with van der Waals surface area (Å²) in [6.45, 7) is 5.07. The summed E-state index contributed by atoms with van der Waals surface area (Å²) in [5.41, 5.74) is 3.59. The van der Waals surface area contributed by atoms with E-state index < -0.39 is 5.97 Å². The highest BCUT2D eigenvalue weighted by Crippen LogP contribution is 2.17. The van der Waals surface area contributed by atoms with Crippen LogP contribution >= 0.6 is 0 Å². The lowest BCUT2D eigenvalue weighted by Gasteiger charge is -2.36. The number of rotatable bonds is 5. The first-order valence-corrected chi connectivity index (χ1v) is 9.09. The molecule has 1 fully saturated rings. The lowest BCUT2D eigenvalue weighted by molar-refractivity contribution is 0.0697. The minimum Gasteiger partial charge on any atom is -0.478 e. The molecule has 1 N–H and O–H groups in total. The molecule has 0 bridgehead atoms. The summed E-state index contributed by atoms with van der Waals surface area (Å²) in [6.07, 6.45) is 2.89. The molecule has 2 heterocycles. The Hall–Kier alpha value is -3.12. The van der Waals surface area contributed by atoms with Crippen molar-refractivity contribution < 1.29 is 9.90 Å². The summed E-state index contributed by atoms with van der Waals surface area (Å²) in [5.74, 6) is -0.965. The van der Waals surface area contributed by atoms with Crippen LogP contribution in [0.5, 0.6) is 0 Å². The van der Waals surface area contributed by atoms with Crippen molar-refractivity contribution in [1.82, 2.24) is 14.7 Å². The molecule has 1 aliphatic rings. The molecule has 6 heteroatoms. The van der Waals surface area contributed by atoms with Gasteiger partial charge in [-0.1, -0.05) is 30.3 Å². The summed E-state index contributed by atoms with van der Waals surface area (Å²) >= 11 is 0. The topological polar surface area (TPSA) is 61.6 Å². The number of aromatic carboxylic acids is 1. The molecule has 0 saturated carbocycles. The Morgan fingerprint density at radius 1 is 0.926 bits per heavy atom. The molecule has 4 rings (SSSR count). The molecular formula is C21H22N4O2. The van der Waals surface area contributed by atoms with Crippen molar-refractivity contribution in [1.29, 1.82) is 0 Å². The van der Waals surface area contributed by atoms with Gasteiger partial charge >= 0.3 is 5.97 Å². The highest BCUT2D eigenvalue weighted by atomic mass is 16.4. The molecule has 27 heavy (non-hydrogen) atoms. The van der Waals surface area contributed by atoms with Gasteiger partial charge in [-0.25, -0.2) is 9.48 Å². The van der Waals surface area contributed by atoms with Gasteiger partial charge in [0, 0.05) is 44.6 Å². The molecule has 0 atom stereocenters. The summed E-state index contributed by atoms with van der Waals surface area (Å²) in [5, 5.41) is 13.1. The van der Waals surface area contributed by atoms with Gasteiger partial charge < -0.3 is 10.0 Å². The summed E-state index contributed by atoms with van der Waals surface area (Å²) in [6, 6.07) is 18.7. The van der Waals surface area contributed by atoms with Gasteiger partial charge in [-0.15, -0.1) is 0 Å². The number of benzene rings is 2. The molecule has 0 amide bonds. The zero-order chi connectivity index (χ0) is 18.6. The molecule has 1 saturated heterocycles. The zero-order valence-corrected chi connectivity index (χ0v) is 15.0. The van der Waals surface area contributed by atoms with Crippen LogP contribution in [0.2, 0.25) is 0 Å². The van der Waals surface area contributed by atoms with Crippen LogP contribution in [0.4, 0.5) is 5.69 Å². The Balaban J connectivity index is 1.34. The van der Waals surface area contributed by atoms with Crippen LogP contribution in [-0.4, -0.2) is 51.9 Å². The lowest BCUT2D eigenvalue weighted by atomic mass is 10.1. The number of para-hydroxylation sites is 1. The van der Waals surface area contributed by atoms with E-state index >= 15 is 0 Å². The van der Waals surface area contributed by atoms with E-state index in [4.69, 9.17) is 5.11 Å². The molecule has 0 radical (unpaired) electrons. The van der Waals surface area contributed by atoms with Crippen LogP contribution in [0.25, 0.3) is 5.69 Å².